The Morgan fingerprint density at radius 3 is 2.77 bits per heavy atom. The van der Waals surface area contributed by atoms with Gasteiger partial charge in [0.1, 0.15) is 6.07 Å². The predicted molar refractivity (Wildman–Crippen MR) is 104 cm³/mol. The Morgan fingerprint density at radius 2 is 2.08 bits per heavy atom. The Kier molecular flexibility index (Phi) is 5.36. The third-order valence-corrected chi connectivity index (χ3v) is 4.68. The van der Waals surface area contributed by atoms with Crippen LogP contribution in [0.2, 0.25) is 0 Å². The van der Waals surface area contributed by atoms with E-state index in [9.17, 15) is 15.4 Å². The molecule has 0 amide bonds. The van der Waals surface area contributed by atoms with Crippen LogP contribution >= 0.6 is 27.3 Å². The smallest absolute Gasteiger partial charge is 0.270 e. The van der Waals surface area contributed by atoms with Crippen LogP contribution in [-0.2, 0) is 0 Å². The maximum absolute atomic E-state index is 10.9. The van der Waals surface area contributed by atoms with Gasteiger partial charge in [0, 0.05) is 27.5 Å². The molecule has 26 heavy (non-hydrogen) atoms. The van der Waals surface area contributed by atoms with Gasteiger partial charge in [0.25, 0.3) is 5.69 Å². The summed E-state index contributed by atoms with van der Waals surface area (Å²) in [6.07, 6.45) is 0. The molecular weight excluding hydrogens is 418 g/mol. The molecular formula is C17H10BrN5O2S. The molecule has 7 nitrogen and oxygen atoms in total. The first kappa shape index (κ1) is 17.7. The molecule has 0 atom stereocenters. The van der Waals surface area contributed by atoms with E-state index in [1.807, 2.05) is 30.3 Å². The van der Waals surface area contributed by atoms with Gasteiger partial charge in [-0.1, -0.05) is 28.1 Å². The number of hydrogen-bond donors (Lipinski definition) is 1. The Labute approximate surface area is 160 Å². The lowest BCUT2D eigenvalue weighted by molar-refractivity contribution is -0.384. The summed E-state index contributed by atoms with van der Waals surface area (Å²) in [6.45, 7) is 0. The van der Waals surface area contributed by atoms with Crippen molar-refractivity contribution in [3.63, 3.8) is 0 Å². The first-order valence-electron chi connectivity index (χ1n) is 7.27. The zero-order valence-electron chi connectivity index (χ0n) is 13.1. The topological polar surface area (TPSA) is 104 Å². The molecule has 3 rings (SSSR count). The predicted octanol–water partition coefficient (Wildman–Crippen LogP) is 4.82. The number of nitriles is 1. The Bertz CT molecular complexity index is 1020. The summed E-state index contributed by atoms with van der Waals surface area (Å²) in [5.74, 6) is 0. The molecule has 0 saturated carbocycles. The van der Waals surface area contributed by atoms with Gasteiger partial charge in [0.2, 0.25) is 0 Å². The second kappa shape index (κ2) is 7.86. The van der Waals surface area contributed by atoms with Crippen molar-refractivity contribution in [2.45, 2.75) is 0 Å². The number of rotatable bonds is 5. The van der Waals surface area contributed by atoms with Crippen molar-refractivity contribution in [3.05, 3.63) is 73.5 Å². The van der Waals surface area contributed by atoms with Gasteiger partial charge >= 0.3 is 0 Å². The summed E-state index contributed by atoms with van der Waals surface area (Å²) < 4.78 is 0.939. The molecule has 0 fully saturated rings. The highest BCUT2D eigenvalue weighted by molar-refractivity contribution is 9.10. The Hall–Kier alpha value is -3.09. The van der Waals surface area contributed by atoms with Crippen molar-refractivity contribution in [3.8, 4) is 17.3 Å². The number of aromatic nitrogens is 1. The molecule has 2 aromatic carbocycles. The third-order valence-electron chi connectivity index (χ3n) is 3.31. The van der Waals surface area contributed by atoms with Gasteiger partial charge in [-0.2, -0.15) is 10.4 Å². The van der Waals surface area contributed by atoms with Crippen molar-refractivity contribution in [1.29, 1.82) is 5.26 Å². The molecule has 0 aliphatic carbocycles. The number of nitro benzene ring substituents is 1. The lowest BCUT2D eigenvalue weighted by Gasteiger charge is -2.00. The van der Waals surface area contributed by atoms with Crippen molar-refractivity contribution in [2.75, 3.05) is 5.43 Å². The van der Waals surface area contributed by atoms with Crippen molar-refractivity contribution in [2.24, 2.45) is 5.10 Å². The van der Waals surface area contributed by atoms with Gasteiger partial charge in [-0.15, -0.1) is 11.3 Å². The number of nitrogens with one attached hydrogen (secondary N) is 1. The van der Waals surface area contributed by atoms with E-state index in [4.69, 9.17) is 0 Å². The van der Waals surface area contributed by atoms with Crippen LogP contribution in [0.1, 0.15) is 5.01 Å². The molecule has 1 N–H and O–H groups in total. The van der Waals surface area contributed by atoms with Crippen LogP contribution in [0.5, 0.6) is 0 Å². The maximum Gasteiger partial charge on any atom is 0.270 e. The summed E-state index contributed by atoms with van der Waals surface area (Å²) >= 11 is 4.60. The Morgan fingerprint density at radius 1 is 1.31 bits per heavy atom. The van der Waals surface area contributed by atoms with Gasteiger partial charge in [0.15, 0.2) is 10.7 Å². The zero-order chi connectivity index (χ0) is 18.5. The van der Waals surface area contributed by atoms with Crippen LogP contribution in [0.4, 0.5) is 11.4 Å². The van der Waals surface area contributed by atoms with Crippen LogP contribution in [0.3, 0.4) is 0 Å². The molecule has 3 aromatic rings. The SMILES string of the molecule is N#C/C(=N\Nc1ccc(Br)cc1)c1nc(-c2cccc([N+](=O)[O-])c2)cs1. The van der Waals surface area contributed by atoms with Crippen LogP contribution in [0.25, 0.3) is 11.3 Å². The summed E-state index contributed by atoms with van der Waals surface area (Å²) in [7, 11) is 0. The molecule has 0 unspecified atom stereocenters. The van der Waals surface area contributed by atoms with Crippen LogP contribution < -0.4 is 5.43 Å². The average molecular weight is 428 g/mol. The van der Waals surface area contributed by atoms with Gasteiger partial charge in [-0.3, -0.25) is 15.5 Å². The van der Waals surface area contributed by atoms with Gasteiger partial charge in [0.05, 0.1) is 16.3 Å². The van der Waals surface area contributed by atoms with E-state index >= 15 is 0 Å². The normalized spacial score (nSPS) is 11.0. The zero-order valence-corrected chi connectivity index (χ0v) is 15.5. The van der Waals surface area contributed by atoms with Gasteiger partial charge in [-0.25, -0.2) is 4.98 Å². The average Bonchev–Trinajstić information content (AvgIpc) is 3.14. The molecule has 0 spiro atoms. The summed E-state index contributed by atoms with van der Waals surface area (Å²) in [6, 6.07) is 15.6. The summed E-state index contributed by atoms with van der Waals surface area (Å²) in [5.41, 5.74) is 4.84. The highest BCUT2D eigenvalue weighted by atomic mass is 79.9. The number of anilines is 1. The minimum atomic E-state index is -0.457. The molecule has 0 saturated heterocycles. The van der Waals surface area contributed by atoms with Crippen LogP contribution in [-0.4, -0.2) is 15.6 Å². The van der Waals surface area contributed by atoms with Crippen LogP contribution in [0, 0.1) is 21.4 Å². The molecule has 1 aromatic heterocycles. The number of hydrogen-bond acceptors (Lipinski definition) is 7. The van der Waals surface area contributed by atoms with E-state index < -0.39 is 4.92 Å². The summed E-state index contributed by atoms with van der Waals surface area (Å²) in [4.78, 5) is 14.8. The molecule has 9 heteroatoms. The molecule has 0 aliphatic heterocycles. The highest BCUT2D eigenvalue weighted by Crippen LogP contribution is 2.25. The number of halogens is 1. The minimum absolute atomic E-state index is 0.0110. The number of thiazole rings is 1. The standard InChI is InChI=1S/C17H10BrN5O2S/c18-12-4-6-13(7-5-12)21-22-15(9-19)17-20-16(10-26-17)11-2-1-3-14(8-11)23(24)25/h1-8,10,21H/b22-15+. The van der Waals surface area contributed by atoms with E-state index in [-0.39, 0.29) is 11.4 Å². The Balaban J connectivity index is 1.84. The fourth-order valence-electron chi connectivity index (χ4n) is 2.06. The number of hydrazone groups is 1. The van der Waals surface area contributed by atoms with E-state index in [1.54, 1.807) is 17.5 Å². The van der Waals surface area contributed by atoms with E-state index in [1.165, 1.54) is 23.5 Å². The molecule has 128 valence electrons. The highest BCUT2D eigenvalue weighted by Gasteiger charge is 2.13. The quantitative estimate of drug-likeness (QED) is 0.356. The first-order valence-corrected chi connectivity index (χ1v) is 8.94. The van der Waals surface area contributed by atoms with Gasteiger partial charge in [-0.05, 0) is 24.3 Å². The largest absolute Gasteiger partial charge is 0.277 e. The first-order chi connectivity index (χ1) is 12.6. The molecule has 0 radical (unpaired) electrons. The fraction of sp³-hybridized carbons (Fsp3) is 0. The molecule has 1 heterocycles. The van der Waals surface area contributed by atoms with Crippen molar-refractivity contribution < 1.29 is 4.92 Å². The number of non-ortho nitro benzene ring substituents is 1. The van der Waals surface area contributed by atoms with E-state index in [0.29, 0.717) is 16.3 Å². The number of benzene rings is 2. The molecule has 0 aliphatic rings. The van der Waals surface area contributed by atoms with Gasteiger partial charge < -0.3 is 0 Å². The summed E-state index contributed by atoms with van der Waals surface area (Å²) in [5, 5.41) is 26.5. The van der Waals surface area contributed by atoms with Crippen molar-refractivity contribution in [1.82, 2.24) is 4.98 Å². The molecule has 0 bridgehead atoms. The number of nitrogens with zero attached hydrogens (tertiary/aromatic N) is 4. The fourth-order valence-corrected chi connectivity index (χ4v) is 3.09. The third kappa shape index (κ3) is 4.11. The minimum Gasteiger partial charge on any atom is -0.277 e. The van der Waals surface area contributed by atoms with E-state index in [0.717, 1.165) is 10.2 Å². The monoisotopic (exact) mass is 427 g/mol. The lowest BCUT2D eigenvalue weighted by Crippen LogP contribution is -2.01. The van der Waals surface area contributed by atoms with E-state index in [2.05, 4.69) is 31.4 Å². The van der Waals surface area contributed by atoms with Crippen LogP contribution in [0.15, 0.2) is 63.5 Å². The number of nitro groups is 1. The maximum atomic E-state index is 10.9. The second-order valence-electron chi connectivity index (χ2n) is 5.04. The van der Waals surface area contributed by atoms with Crippen molar-refractivity contribution >= 4 is 44.4 Å². The second-order valence-corrected chi connectivity index (χ2v) is 6.81. The lowest BCUT2D eigenvalue weighted by atomic mass is 10.1.